The Hall–Kier alpha value is -2.73. The first-order valence-corrected chi connectivity index (χ1v) is 8.28. The van der Waals surface area contributed by atoms with Crippen LogP contribution in [0.2, 0.25) is 0 Å². The number of alkyl halides is 3. The molecule has 0 fully saturated rings. The average molecular weight is 381 g/mol. The number of halogens is 3. The number of carbonyl (C=O) groups is 1. The number of aryl methyl sites for hydroxylation is 1. The van der Waals surface area contributed by atoms with Crippen LogP contribution in [0.25, 0.3) is 0 Å². The molecule has 2 rings (SSSR count). The van der Waals surface area contributed by atoms with Gasteiger partial charge < -0.3 is 10.1 Å². The van der Waals surface area contributed by atoms with E-state index in [0.29, 0.717) is 11.4 Å². The second-order valence-electron chi connectivity index (χ2n) is 5.17. The van der Waals surface area contributed by atoms with Crippen molar-refractivity contribution in [2.24, 2.45) is 0 Å². The third-order valence-electron chi connectivity index (χ3n) is 3.23. The Bertz CT molecular complexity index is 863. The van der Waals surface area contributed by atoms with Gasteiger partial charge in [0.1, 0.15) is 16.8 Å². The largest absolute Gasteiger partial charge is 0.497 e. The predicted octanol–water partition coefficient (Wildman–Crippen LogP) is 4.02. The lowest BCUT2D eigenvalue weighted by Gasteiger charge is -2.13. The molecule has 9 heteroatoms. The van der Waals surface area contributed by atoms with Crippen LogP contribution >= 0.6 is 11.8 Å². The van der Waals surface area contributed by atoms with E-state index in [0.717, 1.165) is 17.8 Å². The minimum Gasteiger partial charge on any atom is -0.497 e. The first-order valence-electron chi connectivity index (χ1n) is 7.30. The van der Waals surface area contributed by atoms with Crippen molar-refractivity contribution in [1.29, 1.82) is 5.26 Å². The summed E-state index contributed by atoms with van der Waals surface area (Å²) in [6, 6.07) is 9.01. The number of hydrogen-bond donors (Lipinski definition) is 1. The fourth-order valence-corrected chi connectivity index (χ4v) is 2.96. The van der Waals surface area contributed by atoms with E-state index in [1.807, 2.05) is 0 Å². The van der Waals surface area contributed by atoms with Crippen molar-refractivity contribution in [2.75, 3.05) is 18.2 Å². The number of benzene rings is 1. The maximum absolute atomic E-state index is 13.1. The lowest BCUT2D eigenvalue weighted by Crippen LogP contribution is -2.15. The van der Waals surface area contributed by atoms with Crippen LogP contribution in [-0.4, -0.2) is 23.8 Å². The SMILES string of the molecule is COc1cccc(NC(=O)CSc2nc(C)cc(C(F)(F)F)c2C#N)c1. The molecule has 0 aliphatic rings. The Balaban J connectivity index is 2.15. The van der Waals surface area contributed by atoms with Crippen molar-refractivity contribution in [3.8, 4) is 11.8 Å². The van der Waals surface area contributed by atoms with Crippen molar-refractivity contribution in [2.45, 2.75) is 18.1 Å². The molecule has 0 radical (unpaired) electrons. The zero-order valence-corrected chi connectivity index (χ0v) is 14.7. The van der Waals surface area contributed by atoms with Crippen LogP contribution in [-0.2, 0) is 11.0 Å². The molecule has 0 aliphatic carbocycles. The molecule has 1 heterocycles. The number of ether oxygens (including phenoxy) is 1. The number of anilines is 1. The third kappa shape index (κ3) is 4.89. The standard InChI is InChI=1S/C17H14F3N3O2S/c1-10-6-14(17(18,19)20)13(8-21)16(22-10)26-9-15(24)23-11-4-3-5-12(7-11)25-2/h3-7H,9H2,1-2H3,(H,23,24). The summed E-state index contributed by atoms with van der Waals surface area (Å²) in [4.78, 5) is 16.0. The second kappa shape index (κ2) is 8.10. The summed E-state index contributed by atoms with van der Waals surface area (Å²) >= 11 is 0.776. The van der Waals surface area contributed by atoms with Gasteiger partial charge in [-0.05, 0) is 25.1 Å². The minimum atomic E-state index is -4.67. The van der Waals surface area contributed by atoms with Gasteiger partial charge in [-0.3, -0.25) is 4.79 Å². The van der Waals surface area contributed by atoms with Crippen LogP contribution < -0.4 is 10.1 Å². The molecule has 0 aliphatic heterocycles. The lowest BCUT2D eigenvalue weighted by molar-refractivity contribution is -0.138. The quantitative estimate of drug-likeness (QED) is 0.792. The molecular weight excluding hydrogens is 367 g/mol. The molecule has 0 atom stereocenters. The minimum absolute atomic E-state index is 0.118. The number of rotatable bonds is 5. The normalized spacial score (nSPS) is 10.9. The number of nitrogens with zero attached hydrogens (tertiary/aromatic N) is 2. The number of amides is 1. The molecule has 2 aromatic rings. The van der Waals surface area contributed by atoms with E-state index in [1.54, 1.807) is 24.3 Å². The Morgan fingerprint density at radius 3 is 2.73 bits per heavy atom. The summed E-state index contributed by atoms with van der Waals surface area (Å²) in [6.45, 7) is 1.40. The third-order valence-corrected chi connectivity index (χ3v) is 4.20. The molecule has 5 nitrogen and oxygen atoms in total. The fourth-order valence-electron chi connectivity index (χ4n) is 2.11. The van der Waals surface area contributed by atoms with Crippen molar-refractivity contribution < 1.29 is 22.7 Å². The molecule has 0 spiro atoms. The number of pyridine rings is 1. The number of nitriles is 1. The predicted molar refractivity (Wildman–Crippen MR) is 91.0 cm³/mol. The van der Waals surface area contributed by atoms with Crippen molar-refractivity contribution in [3.63, 3.8) is 0 Å². The van der Waals surface area contributed by atoms with Gasteiger partial charge in [0.25, 0.3) is 0 Å². The van der Waals surface area contributed by atoms with E-state index in [-0.39, 0.29) is 16.5 Å². The summed E-state index contributed by atoms with van der Waals surface area (Å²) in [7, 11) is 1.49. The summed E-state index contributed by atoms with van der Waals surface area (Å²) in [5, 5.41) is 11.6. The molecule has 1 aromatic carbocycles. The monoisotopic (exact) mass is 381 g/mol. The van der Waals surface area contributed by atoms with Gasteiger partial charge in [-0.1, -0.05) is 17.8 Å². The van der Waals surface area contributed by atoms with Crippen molar-refractivity contribution in [3.05, 3.63) is 47.2 Å². The van der Waals surface area contributed by atoms with Gasteiger partial charge in [0.15, 0.2) is 0 Å². The molecular formula is C17H14F3N3O2S. The van der Waals surface area contributed by atoms with Crippen LogP contribution in [0.1, 0.15) is 16.8 Å². The number of carbonyl (C=O) groups excluding carboxylic acids is 1. The molecule has 0 saturated carbocycles. The Labute approximate surface area is 152 Å². The highest BCUT2D eigenvalue weighted by Crippen LogP contribution is 2.35. The summed E-state index contributed by atoms with van der Waals surface area (Å²) in [5.74, 6) is -0.0824. The number of methoxy groups -OCH3 is 1. The van der Waals surface area contributed by atoms with E-state index in [9.17, 15) is 18.0 Å². The lowest BCUT2D eigenvalue weighted by atomic mass is 10.1. The molecule has 26 heavy (non-hydrogen) atoms. The van der Waals surface area contributed by atoms with Crippen LogP contribution in [0.3, 0.4) is 0 Å². The smallest absolute Gasteiger partial charge is 0.417 e. The van der Waals surface area contributed by atoms with Crippen LogP contribution in [0, 0.1) is 18.3 Å². The zero-order chi connectivity index (χ0) is 19.3. The Morgan fingerprint density at radius 2 is 2.12 bits per heavy atom. The number of thioether (sulfide) groups is 1. The molecule has 1 amide bonds. The first kappa shape index (κ1) is 19.6. The molecule has 1 aromatic heterocycles. The average Bonchev–Trinajstić information content (AvgIpc) is 2.58. The molecule has 0 bridgehead atoms. The van der Waals surface area contributed by atoms with Crippen LogP contribution in [0.4, 0.5) is 18.9 Å². The topological polar surface area (TPSA) is 75.0 Å². The second-order valence-corrected chi connectivity index (χ2v) is 6.13. The van der Waals surface area contributed by atoms with E-state index in [1.165, 1.54) is 20.1 Å². The van der Waals surface area contributed by atoms with E-state index >= 15 is 0 Å². The van der Waals surface area contributed by atoms with Crippen LogP contribution in [0.15, 0.2) is 35.4 Å². The maximum Gasteiger partial charge on any atom is 0.417 e. The van der Waals surface area contributed by atoms with Crippen LogP contribution in [0.5, 0.6) is 5.75 Å². The van der Waals surface area contributed by atoms with Crippen molar-refractivity contribution in [1.82, 2.24) is 4.98 Å². The highest BCUT2D eigenvalue weighted by Gasteiger charge is 2.35. The number of nitrogens with one attached hydrogen (secondary N) is 1. The van der Waals surface area contributed by atoms with Gasteiger partial charge in [-0.25, -0.2) is 4.98 Å². The number of hydrogen-bond acceptors (Lipinski definition) is 5. The van der Waals surface area contributed by atoms with Gasteiger partial charge in [-0.2, -0.15) is 18.4 Å². The first-order chi connectivity index (χ1) is 12.2. The van der Waals surface area contributed by atoms with Gasteiger partial charge in [0.2, 0.25) is 5.91 Å². The van der Waals surface area contributed by atoms with Gasteiger partial charge in [0, 0.05) is 17.4 Å². The zero-order valence-electron chi connectivity index (χ0n) is 13.8. The molecule has 0 saturated heterocycles. The van der Waals surface area contributed by atoms with Gasteiger partial charge in [0.05, 0.1) is 24.0 Å². The van der Waals surface area contributed by atoms with Gasteiger partial charge in [-0.15, -0.1) is 0 Å². The Kier molecular flexibility index (Phi) is 6.10. The highest BCUT2D eigenvalue weighted by atomic mass is 32.2. The van der Waals surface area contributed by atoms with Crippen molar-refractivity contribution >= 4 is 23.4 Å². The van der Waals surface area contributed by atoms with E-state index in [4.69, 9.17) is 10.00 Å². The fraction of sp³-hybridized carbons (Fsp3) is 0.235. The van der Waals surface area contributed by atoms with Gasteiger partial charge >= 0.3 is 6.18 Å². The molecule has 136 valence electrons. The molecule has 0 unspecified atom stereocenters. The number of aromatic nitrogens is 1. The summed E-state index contributed by atoms with van der Waals surface area (Å²) in [5.41, 5.74) is -1.03. The highest BCUT2D eigenvalue weighted by molar-refractivity contribution is 8.00. The summed E-state index contributed by atoms with van der Waals surface area (Å²) < 4.78 is 44.3. The summed E-state index contributed by atoms with van der Waals surface area (Å²) in [6.07, 6.45) is -4.67. The Morgan fingerprint density at radius 1 is 1.38 bits per heavy atom. The molecule has 1 N–H and O–H groups in total. The maximum atomic E-state index is 13.1. The van der Waals surface area contributed by atoms with E-state index < -0.39 is 23.2 Å². The van der Waals surface area contributed by atoms with E-state index in [2.05, 4.69) is 10.3 Å².